The molecule has 0 saturated heterocycles. The van der Waals surface area contributed by atoms with E-state index in [2.05, 4.69) is 39.1 Å². The quantitative estimate of drug-likeness (QED) is 0.782. The fourth-order valence-electron chi connectivity index (χ4n) is 1.44. The first-order chi connectivity index (χ1) is 7.75. The maximum Gasteiger partial charge on any atom is 0.171 e. The highest BCUT2D eigenvalue weighted by atomic mass is 79.9. The molecule has 0 bridgehead atoms. The van der Waals surface area contributed by atoms with E-state index in [-0.39, 0.29) is 0 Å². The fourth-order valence-corrected chi connectivity index (χ4v) is 1.91. The van der Waals surface area contributed by atoms with Crippen molar-refractivity contribution in [2.45, 2.75) is 12.8 Å². The molecule has 0 amide bonds. The zero-order valence-electron chi connectivity index (χ0n) is 8.62. The lowest BCUT2D eigenvalue weighted by atomic mass is 10.1. The first-order valence-electron chi connectivity index (χ1n) is 5.05. The molecule has 0 fully saturated rings. The van der Waals surface area contributed by atoms with E-state index in [0.717, 1.165) is 17.3 Å². The first-order valence-corrected chi connectivity index (χ1v) is 6.22. The van der Waals surface area contributed by atoms with E-state index in [0.29, 0.717) is 17.5 Å². The minimum absolute atomic E-state index is 0.392. The standard InChI is InChI=1S/C12H11BrClNO/c13-10-6-11(12(14)15-7-10)16-8-9-4-2-1-3-5-9/h2,4-7H,1,3,8H2. The molecule has 1 heterocycles. The zero-order chi connectivity index (χ0) is 11.4. The number of pyridine rings is 1. The van der Waals surface area contributed by atoms with Crippen molar-refractivity contribution < 1.29 is 4.74 Å². The van der Waals surface area contributed by atoms with Gasteiger partial charge >= 0.3 is 0 Å². The molecule has 0 atom stereocenters. The predicted octanol–water partition coefficient (Wildman–Crippen LogP) is 4.15. The summed E-state index contributed by atoms with van der Waals surface area (Å²) >= 11 is 9.25. The predicted molar refractivity (Wildman–Crippen MR) is 68.9 cm³/mol. The lowest BCUT2D eigenvalue weighted by molar-refractivity contribution is 0.353. The molecule has 0 aromatic carbocycles. The number of ether oxygens (including phenoxy) is 1. The van der Waals surface area contributed by atoms with Gasteiger partial charge in [-0.15, -0.1) is 0 Å². The number of hydrogen-bond donors (Lipinski definition) is 0. The molecular weight excluding hydrogens is 289 g/mol. The molecule has 0 saturated carbocycles. The van der Waals surface area contributed by atoms with Crippen LogP contribution in [0.4, 0.5) is 0 Å². The number of nitrogens with zero attached hydrogens (tertiary/aromatic N) is 1. The van der Waals surface area contributed by atoms with E-state index in [1.54, 1.807) is 6.20 Å². The van der Waals surface area contributed by atoms with Crippen LogP contribution in [0.1, 0.15) is 12.8 Å². The first kappa shape index (κ1) is 11.7. The van der Waals surface area contributed by atoms with Crippen molar-refractivity contribution in [3.63, 3.8) is 0 Å². The van der Waals surface area contributed by atoms with Crippen LogP contribution < -0.4 is 4.74 Å². The van der Waals surface area contributed by atoms with Gasteiger partial charge in [-0.25, -0.2) is 4.98 Å². The molecule has 4 heteroatoms. The van der Waals surface area contributed by atoms with E-state index in [1.807, 2.05) is 6.07 Å². The Morgan fingerprint density at radius 3 is 3.06 bits per heavy atom. The van der Waals surface area contributed by atoms with Crippen molar-refractivity contribution in [3.8, 4) is 5.75 Å². The van der Waals surface area contributed by atoms with Crippen LogP contribution in [0, 0.1) is 0 Å². The molecule has 84 valence electrons. The Hall–Kier alpha value is -0.800. The van der Waals surface area contributed by atoms with Crippen LogP contribution in [-0.2, 0) is 0 Å². The maximum atomic E-state index is 5.92. The third-order valence-electron chi connectivity index (χ3n) is 2.24. The Balaban J connectivity index is 2.01. The van der Waals surface area contributed by atoms with Gasteiger partial charge < -0.3 is 4.74 Å². The number of rotatable bonds is 3. The molecule has 0 N–H and O–H groups in total. The summed E-state index contributed by atoms with van der Waals surface area (Å²) in [7, 11) is 0. The number of halogens is 2. The van der Waals surface area contributed by atoms with E-state index in [1.165, 1.54) is 5.57 Å². The second-order valence-electron chi connectivity index (χ2n) is 3.49. The van der Waals surface area contributed by atoms with Gasteiger partial charge in [0.25, 0.3) is 0 Å². The van der Waals surface area contributed by atoms with Crippen molar-refractivity contribution in [2.24, 2.45) is 0 Å². The highest BCUT2D eigenvalue weighted by Crippen LogP contribution is 2.26. The molecule has 2 nitrogen and oxygen atoms in total. The summed E-state index contributed by atoms with van der Waals surface area (Å²) in [4.78, 5) is 4.00. The minimum Gasteiger partial charge on any atom is -0.486 e. The highest BCUT2D eigenvalue weighted by molar-refractivity contribution is 9.10. The Kier molecular flexibility index (Phi) is 4.02. The van der Waals surface area contributed by atoms with Crippen molar-refractivity contribution in [1.29, 1.82) is 0 Å². The molecule has 1 aliphatic rings. The third-order valence-corrected chi connectivity index (χ3v) is 2.96. The van der Waals surface area contributed by atoms with E-state index in [9.17, 15) is 0 Å². The molecule has 1 aromatic rings. The van der Waals surface area contributed by atoms with Crippen LogP contribution in [0.15, 0.2) is 40.5 Å². The Labute approximate surface area is 108 Å². The maximum absolute atomic E-state index is 5.92. The van der Waals surface area contributed by atoms with Gasteiger partial charge in [-0.05, 0) is 40.4 Å². The van der Waals surface area contributed by atoms with Crippen LogP contribution in [0.25, 0.3) is 0 Å². The Morgan fingerprint density at radius 1 is 1.44 bits per heavy atom. The Bertz CT molecular complexity index is 443. The molecule has 2 rings (SSSR count). The fraction of sp³-hybridized carbons (Fsp3) is 0.250. The molecule has 1 aromatic heterocycles. The second kappa shape index (κ2) is 5.51. The lowest BCUT2D eigenvalue weighted by Gasteiger charge is -2.10. The summed E-state index contributed by atoms with van der Waals surface area (Å²) in [6, 6.07) is 1.82. The summed E-state index contributed by atoms with van der Waals surface area (Å²) in [5, 5.41) is 0.392. The zero-order valence-corrected chi connectivity index (χ0v) is 11.0. The average Bonchev–Trinajstić information content (AvgIpc) is 2.32. The van der Waals surface area contributed by atoms with Crippen LogP contribution in [0.3, 0.4) is 0 Å². The monoisotopic (exact) mass is 299 g/mol. The highest BCUT2D eigenvalue weighted by Gasteiger charge is 2.05. The smallest absolute Gasteiger partial charge is 0.171 e. The summed E-state index contributed by atoms with van der Waals surface area (Å²) in [6.07, 6.45) is 10.3. The summed E-state index contributed by atoms with van der Waals surface area (Å²) < 4.78 is 6.47. The largest absolute Gasteiger partial charge is 0.486 e. The molecule has 0 radical (unpaired) electrons. The van der Waals surface area contributed by atoms with Crippen LogP contribution >= 0.6 is 27.5 Å². The van der Waals surface area contributed by atoms with Crippen molar-refractivity contribution in [1.82, 2.24) is 4.98 Å². The second-order valence-corrected chi connectivity index (χ2v) is 4.76. The Morgan fingerprint density at radius 2 is 2.31 bits per heavy atom. The molecule has 16 heavy (non-hydrogen) atoms. The molecular formula is C12H11BrClNO. The van der Waals surface area contributed by atoms with Crippen molar-refractivity contribution in [3.05, 3.63) is 45.7 Å². The molecule has 0 aliphatic heterocycles. The van der Waals surface area contributed by atoms with Gasteiger partial charge in [0.1, 0.15) is 6.61 Å². The number of aromatic nitrogens is 1. The van der Waals surface area contributed by atoms with Gasteiger partial charge in [0, 0.05) is 10.7 Å². The summed E-state index contributed by atoms with van der Waals surface area (Å²) in [5.74, 6) is 0.607. The molecule has 0 unspecified atom stereocenters. The van der Waals surface area contributed by atoms with Crippen LogP contribution in [0.5, 0.6) is 5.75 Å². The molecule has 0 spiro atoms. The molecule has 1 aliphatic carbocycles. The van der Waals surface area contributed by atoms with Gasteiger partial charge in [-0.1, -0.05) is 29.8 Å². The van der Waals surface area contributed by atoms with Gasteiger partial charge in [-0.2, -0.15) is 0 Å². The van der Waals surface area contributed by atoms with E-state index < -0.39 is 0 Å². The van der Waals surface area contributed by atoms with E-state index >= 15 is 0 Å². The normalized spacial score (nSPS) is 14.8. The number of allylic oxidation sites excluding steroid dienone is 2. The van der Waals surface area contributed by atoms with Crippen molar-refractivity contribution in [2.75, 3.05) is 6.61 Å². The average molecular weight is 301 g/mol. The van der Waals surface area contributed by atoms with E-state index in [4.69, 9.17) is 16.3 Å². The third kappa shape index (κ3) is 3.09. The van der Waals surface area contributed by atoms with Crippen LogP contribution in [0.2, 0.25) is 5.15 Å². The SMILES string of the molecule is Clc1ncc(Br)cc1OCC1=CCCC=C1. The minimum atomic E-state index is 0.392. The van der Waals surface area contributed by atoms with Crippen molar-refractivity contribution >= 4 is 27.5 Å². The van der Waals surface area contributed by atoms with Gasteiger partial charge in [-0.3, -0.25) is 0 Å². The van der Waals surface area contributed by atoms with Gasteiger partial charge in [0.05, 0.1) is 0 Å². The van der Waals surface area contributed by atoms with Gasteiger partial charge in [0.2, 0.25) is 0 Å². The van der Waals surface area contributed by atoms with Crippen LogP contribution in [-0.4, -0.2) is 11.6 Å². The lowest BCUT2D eigenvalue weighted by Crippen LogP contribution is -2.02. The number of hydrogen-bond acceptors (Lipinski definition) is 2. The summed E-state index contributed by atoms with van der Waals surface area (Å²) in [5.41, 5.74) is 1.18. The topological polar surface area (TPSA) is 22.1 Å². The van der Waals surface area contributed by atoms with Gasteiger partial charge in [0.15, 0.2) is 10.9 Å². The summed E-state index contributed by atoms with van der Waals surface area (Å²) in [6.45, 7) is 0.536.